The predicted molar refractivity (Wildman–Crippen MR) is 94.5 cm³/mol. The van der Waals surface area contributed by atoms with Gasteiger partial charge in [-0.2, -0.15) is 0 Å². The van der Waals surface area contributed by atoms with Crippen LogP contribution in [-0.4, -0.2) is 6.10 Å². The lowest BCUT2D eigenvalue weighted by Gasteiger charge is -2.22. The van der Waals surface area contributed by atoms with Crippen LogP contribution in [-0.2, 0) is 9.09 Å². The first-order valence-corrected chi connectivity index (χ1v) is 9.14. The van der Waals surface area contributed by atoms with Crippen LogP contribution in [0.25, 0.3) is 10.8 Å². The second-order valence-corrected chi connectivity index (χ2v) is 7.46. The predicted octanol–water partition coefficient (Wildman–Crippen LogP) is 5.16. The SMILES string of the molecule is CC(C)O[P@](=O)(Oc1cccc2ccccc12)c1ccccc1. The minimum atomic E-state index is -3.45. The lowest BCUT2D eigenvalue weighted by molar-refractivity contribution is 0.216. The quantitative estimate of drug-likeness (QED) is 0.607. The van der Waals surface area contributed by atoms with Gasteiger partial charge >= 0.3 is 7.60 Å². The van der Waals surface area contributed by atoms with Crippen molar-refractivity contribution < 1.29 is 13.6 Å². The van der Waals surface area contributed by atoms with Gasteiger partial charge in [0.05, 0.1) is 11.4 Å². The molecule has 0 radical (unpaired) electrons. The number of fused-ring (bicyclic) bond motifs is 1. The van der Waals surface area contributed by atoms with E-state index in [1.165, 1.54) is 0 Å². The Morgan fingerprint density at radius 3 is 2.22 bits per heavy atom. The highest BCUT2D eigenvalue weighted by atomic mass is 31.2. The van der Waals surface area contributed by atoms with Gasteiger partial charge in [-0.1, -0.05) is 54.6 Å². The molecule has 0 heterocycles. The van der Waals surface area contributed by atoms with E-state index in [2.05, 4.69) is 0 Å². The molecule has 0 spiro atoms. The van der Waals surface area contributed by atoms with E-state index in [4.69, 9.17) is 9.05 Å². The first-order valence-electron chi connectivity index (χ1n) is 7.60. The fourth-order valence-electron chi connectivity index (χ4n) is 2.43. The maximum absolute atomic E-state index is 13.4. The van der Waals surface area contributed by atoms with Gasteiger partial charge in [-0.3, -0.25) is 4.52 Å². The van der Waals surface area contributed by atoms with E-state index in [1.807, 2.05) is 74.5 Å². The Labute approximate surface area is 136 Å². The summed E-state index contributed by atoms with van der Waals surface area (Å²) in [4.78, 5) is 0. The van der Waals surface area contributed by atoms with Gasteiger partial charge in [0.25, 0.3) is 0 Å². The van der Waals surface area contributed by atoms with Crippen LogP contribution in [0.2, 0.25) is 0 Å². The monoisotopic (exact) mass is 326 g/mol. The van der Waals surface area contributed by atoms with Crippen molar-refractivity contribution in [3.8, 4) is 5.75 Å². The van der Waals surface area contributed by atoms with Gasteiger partial charge in [-0.25, -0.2) is 4.57 Å². The van der Waals surface area contributed by atoms with Crippen molar-refractivity contribution in [3.63, 3.8) is 0 Å². The molecule has 0 aliphatic carbocycles. The molecule has 0 saturated carbocycles. The molecule has 4 heteroatoms. The second-order valence-electron chi connectivity index (χ2n) is 5.56. The fourth-order valence-corrected chi connectivity index (χ4v) is 4.21. The molecule has 0 amide bonds. The Morgan fingerprint density at radius 2 is 1.48 bits per heavy atom. The first kappa shape index (κ1) is 15.8. The first-order chi connectivity index (χ1) is 11.1. The third-order valence-electron chi connectivity index (χ3n) is 3.39. The van der Waals surface area contributed by atoms with Crippen LogP contribution in [0.4, 0.5) is 0 Å². The van der Waals surface area contributed by atoms with Crippen molar-refractivity contribution in [1.29, 1.82) is 0 Å². The van der Waals surface area contributed by atoms with Crippen molar-refractivity contribution in [3.05, 3.63) is 72.8 Å². The molecule has 118 valence electrons. The normalized spacial score (nSPS) is 13.9. The molecule has 0 fully saturated rings. The van der Waals surface area contributed by atoms with Crippen LogP contribution >= 0.6 is 7.60 Å². The molecular formula is C19H19O3P. The highest BCUT2D eigenvalue weighted by Gasteiger charge is 2.31. The summed E-state index contributed by atoms with van der Waals surface area (Å²) in [5, 5.41) is 2.51. The molecule has 0 bridgehead atoms. The molecule has 23 heavy (non-hydrogen) atoms. The summed E-state index contributed by atoms with van der Waals surface area (Å²) in [6.45, 7) is 3.70. The zero-order valence-electron chi connectivity index (χ0n) is 13.2. The van der Waals surface area contributed by atoms with Gasteiger partial charge in [-0.15, -0.1) is 0 Å². The Kier molecular flexibility index (Phi) is 4.51. The van der Waals surface area contributed by atoms with E-state index in [0.29, 0.717) is 11.1 Å². The van der Waals surface area contributed by atoms with Crippen molar-refractivity contribution >= 4 is 23.7 Å². The molecule has 0 N–H and O–H groups in total. The third-order valence-corrected chi connectivity index (χ3v) is 5.46. The summed E-state index contributed by atoms with van der Waals surface area (Å²) in [7, 11) is -3.45. The zero-order chi connectivity index (χ0) is 16.3. The zero-order valence-corrected chi connectivity index (χ0v) is 14.1. The maximum atomic E-state index is 13.4. The van der Waals surface area contributed by atoms with Gasteiger partial charge in [-0.05, 0) is 37.4 Å². The minimum absolute atomic E-state index is 0.212. The van der Waals surface area contributed by atoms with Gasteiger partial charge in [0, 0.05) is 5.39 Å². The minimum Gasteiger partial charge on any atom is -0.421 e. The van der Waals surface area contributed by atoms with Gasteiger partial charge in [0.2, 0.25) is 0 Å². The Hall–Kier alpha value is -2.09. The Bertz CT molecular complexity index is 838. The highest BCUT2D eigenvalue weighted by molar-refractivity contribution is 7.62. The summed E-state index contributed by atoms with van der Waals surface area (Å²) in [6, 6.07) is 22.6. The average molecular weight is 326 g/mol. The van der Waals surface area contributed by atoms with E-state index < -0.39 is 7.60 Å². The third kappa shape index (κ3) is 3.47. The van der Waals surface area contributed by atoms with Crippen molar-refractivity contribution in [2.45, 2.75) is 20.0 Å². The van der Waals surface area contributed by atoms with Crippen LogP contribution in [0.5, 0.6) is 5.75 Å². The smallest absolute Gasteiger partial charge is 0.411 e. The molecule has 0 aromatic heterocycles. The van der Waals surface area contributed by atoms with E-state index in [-0.39, 0.29) is 6.10 Å². The van der Waals surface area contributed by atoms with E-state index in [9.17, 15) is 4.57 Å². The largest absolute Gasteiger partial charge is 0.421 e. The van der Waals surface area contributed by atoms with Crippen LogP contribution in [0.3, 0.4) is 0 Å². The summed E-state index contributed by atoms with van der Waals surface area (Å²) in [6.07, 6.45) is -0.212. The lowest BCUT2D eigenvalue weighted by atomic mass is 10.1. The molecule has 0 saturated heterocycles. The van der Waals surface area contributed by atoms with Crippen molar-refractivity contribution in [1.82, 2.24) is 0 Å². The molecule has 0 aliphatic rings. The average Bonchev–Trinajstić information content (AvgIpc) is 2.55. The van der Waals surface area contributed by atoms with Gasteiger partial charge < -0.3 is 4.52 Å². The van der Waals surface area contributed by atoms with E-state index >= 15 is 0 Å². The van der Waals surface area contributed by atoms with Crippen LogP contribution in [0, 0.1) is 0 Å². The Balaban J connectivity index is 2.06. The molecular weight excluding hydrogens is 307 g/mol. The molecule has 3 nitrogen and oxygen atoms in total. The van der Waals surface area contributed by atoms with Crippen LogP contribution < -0.4 is 9.83 Å². The molecule has 3 rings (SSSR count). The number of hydrogen-bond acceptors (Lipinski definition) is 3. The number of benzene rings is 3. The van der Waals surface area contributed by atoms with E-state index in [0.717, 1.165) is 10.8 Å². The summed E-state index contributed by atoms with van der Waals surface area (Å²) in [5.41, 5.74) is 0. The molecule has 1 atom stereocenters. The summed E-state index contributed by atoms with van der Waals surface area (Å²) >= 11 is 0. The van der Waals surface area contributed by atoms with Crippen LogP contribution in [0.15, 0.2) is 72.8 Å². The Morgan fingerprint density at radius 1 is 0.826 bits per heavy atom. The summed E-state index contributed by atoms with van der Waals surface area (Å²) in [5.74, 6) is 0.566. The highest BCUT2D eigenvalue weighted by Crippen LogP contribution is 2.49. The van der Waals surface area contributed by atoms with E-state index in [1.54, 1.807) is 12.1 Å². The van der Waals surface area contributed by atoms with Gasteiger partial charge in [0.1, 0.15) is 5.75 Å². The summed E-state index contributed by atoms with van der Waals surface area (Å²) < 4.78 is 25.0. The topological polar surface area (TPSA) is 35.5 Å². The standard InChI is InChI=1S/C19H19O3P/c1-15(2)21-23(20,17-11-4-3-5-12-17)22-19-14-8-10-16-9-6-7-13-18(16)19/h3-15H,1-2H3/t23-/m0/s1. The lowest BCUT2D eigenvalue weighted by Crippen LogP contribution is -2.15. The van der Waals surface area contributed by atoms with Gasteiger partial charge in [0.15, 0.2) is 0 Å². The maximum Gasteiger partial charge on any atom is 0.411 e. The van der Waals surface area contributed by atoms with Crippen LogP contribution in [0.1, 0.15) is 13.8 Å². The van der Waals surface area contributed by atoms with Crippen molar-refractivity contribution in [2.75, 3.05) is 0 Å². The fraction of sp³-hybridized carbons (Fsp3) is 0.158. The molecule has 0 aliphatic heterocycles. The molecule has 3 aromatic rings. The second kappa shape index (κ2) is 6.57. The number of rotatable bonds is 5. The van der Waals surface area contributed by atoms with Crippen molar-refractivity contribution in [2.24, 2.45) is 0 Å². The number of hydrogen-bond donors (Lipinski definition) is 0. The molecule has 0 unspecified atom stereocenters. The molecule has 3 aromatic carbocycles.